The van der Waals surface area contributed by atoms with Crippen molar-refractivity contribution in [1.29, 1.82) is 0 Å². The van der Waals surface area contributed by atoms with Gasteiger partial charge in [-0.2, -0.15) is 0 Å². The van der Waals surface area contributed by atoms with E-state index in [9.17, 15) is 9.59 Å². The van der Waals surface area contributed by atoms with Crippen LogP contribution in [0.3, 0.4) is 0 Å². The molecule has 1 aliphatic carbocycles. The highest BCUT2D eigenvalue weighted by molar-refractivity contribution is 8.00. The summed E-state index contributed by atoms with van der Waals surface area (Å²) in [7, 11) is 0. The predicted molar refractivity (Wildman–Crippen MR) is 107 cm³/mol. The molecule has 6 nitrogen and oxygen atoms in total. The molecule has 1 heterocycles. The van der Waals surface area contributed by atoms with Crippen LogP contribution in [0.5, 0.6) is 0 Å². The summed E-state index contributed by atoms with van der Waals surface area (Å²) in [6, 6.07) is 9.29. The monoisotopic (exact) mass is 387 g/mol. The van der Waals surface area contributed by atoms with Gasteiger partial charge in [0.1, 0.15) is 5.76 Å². The third-order valence-electron chi connectivity index (χ3n) is 4.66. The highest BCUT2D eigenvalue weighted by atomic mass is 32.2. The molecule has 2 aromatic rings. The highest BCUT2D eigenvalue weighted by Crippen LogP contribution is 2.27. The summed E-state index contributed by atoms with van der Waals surface area (Å²) in [5, 5.41) is 9.22. The lowest BCUT2D eigenvalue weighted by atomic mass is 9.88. The Morgan fingerprint density at radius 3 is 2.48 bits per heavy atom. The molecule has 1 fully saturated rings. The summed E-state index contributed by atoms with van der Waals surface area (Å²) in [5.41, 5.74) is 0.796. The summed E-state index contributed by atoms with van der Waals surface area (Å²) >= 11 is 1.45. The van der Waals surface area contributed by atoms with Crippen LogP contribution in [0.4, 0.5) is 11.5 Å². The lowest BCUT2D eigenvalue weighted by Crippen LogP contribution is -2.24. The van der Waals surface area contributed by atoms with E-state index in [1.165, 1.54) is 18.2 Å². The SMILES string of the molecule is Cc1cc(NC(=O)C(C)Sc2ccc(NC(=O)C3CCCCC3)cc2)no1. The van der Waals surface area contributed by atoms with Crippen LogP contribution in [0.2, 0.25) is 0 Å². The zero-order valence-corrected chi connectivity index (χ0v) is 16.5. The fourth-order valence-electron chi connectivity index (χ4n) is 3.14. The maximum Gasteiger partial charge on any atom is 0.238 e. The Balaban J connectivity index is 1.50. The van der Waals surface area contributed by atoms with Crippen LogP contribution in [0, 0.1) is 12.8 Å². The number of carbonyl (C=O) groups excluding carboxylic acids is 2. The second-order valence-corrected chi connectivity index (χ2v) is 8.33. The molecular weight excluding hydrogens is 362 g/mol. The van der Waals surface area contributed by atoms with Crippen LogP contribution in [0.1, 0.15) is 44.8 Å². The summed E-state index contributed by atoms with van der Waals surface area (Å²) in [4.78, 5) is 25.5. The number of benzene rings is 1. The zero-order valence-electron chi connectivity index (χ0n) is 15.7. The van der Waals surface area contributed by atoms with Gasteiger partial charge in [-0.1, -0.05) is 24.4 Å². The third-order valence-corrected chi connectivity index (χ3v) is 5.77. The number of nitrogens with one attached hydrogen (secondary N) is 2. The average Bonchev–Trinajstić information content (AvgIpc) is 3.08. The molecule has 1 unspecified atom stereocenters. The average molecular weight is 388 g/mol. The van der Waals surface area contributed by atoms with Crippen LogP contribution in [0.25, 0.3) is 0 Å². The van der Waals surface area contributed by atoms with E-state index in [1.54, 1.807) is 13.0 Å². The van der Waals surface area contributed by atoms with Crippen molar-refractivity contribution in [2.45, 2.75) is 56.1 Å². The van der Waals surface area contributed by atoms with Gasteiger partial charge in [-0.25, -0.2) is 0 Å². The van der Waals surface area contributed by atoms with E-state index in [1.807, 2.05) is 31.2 Å². The molecule has 0 aliphatic heterocycles. The molecule has 0 radical (unpaired) electrons. The highest BCUT2D eigenvalue weighted by Gasteiger charge is 2.21. The van der Waals surface area contributed by atoms with Crippen LogP contribution in [-0.2, 0) is 9.59 Å². The minimum atomic E-state index is -0.287. The Morgan fingerprint density at radius 2 is 1.85 bits per heavy atom. The maximum atomic E-state index is 12.3. The van der Waals surface area contributed by atoms with Crippen molar-refractivity contribution in [3.8, 4) is 0 Å². The molecule has 0 spiro atoms. The molecule has 2 N–H and O–H groups in total. The van der Waals surface area contributed by atoms with E-state index in [-0.39, 0.29) is 23.0 Å². The van der Waals surface area contributed by atoms with E-state index in [4.69, 9.17) is 4.52 Å². The smallest absolute Gasteiger partial charge is 0.238 e. The van der Waals surface area contributed by atoms with Crippen LogP contribution < -0.4 is 10.6 Å². The Hall–Kier alpha value is -2.28. The minimum absolute atomic E-state index is 0.116. The van der Waals surface area contributed by atoms with Crippen molar-refractivity contribution in [3.05, 3.63) is 36.1 Å². The van der Waals surface area contributed by atoms with Gasteiger partial charge in [0.15, 0.2) is 5.82 Å². The van der Waals surface area contributed by atoms with E-state index >= 15 is 0 Å². The van der Waals surface area contributed by atoms with E-state index in [2.05, 4.69) is 15.8 Å². The standard InChI is InChI=1S/C20H25N3O3S/c1-13-12-18(23-26-13)22-19(24)14(2)27-17-10-8-16(9-11-17)21-20(25)15-6-4-3-5-7-15/h8-12,14-15H,3-7H2,1-2H3,(H,21,25)(H,22,23,24). The molecule has 144 valence electrons. The Labute approximate surface area is 163 Å². The van der Waals surface area contributed by atoms with Crippen molar-refractivity contribution in [2.75, 3.05) is 10.6 Å². The molecule has 0 saturated heterocycles. The molecule has 2 amide bonds. The molecule has 1 aromatic heterocycles. The topological polar surface area (TPSA) is 84.2 Å². The number of amides is 2. The second-order valence-electron chi connectivity index (χ2n) is 6.92. The molecule has 1 atom stereocenters. The maximum absolute atomic E-state index is 12.3. The van der Waals surface area contributed by atoms with Gasteiger partial charge >= 0.3 is 0 Å². The summed E-state index contributed by atoms with van der Waals surface area (Å²) in [6.07, 6.45) is 5.48. The normalized spacial score (nSPS) is 15.9. The predicted octanol–water partition coefficient (Wildman–Crippen LogP) is 4.62. The number of aromatic nitrogens is 1. The number of aryl methyl sites for hydroxylation is 1. The Bertz CT molecular complexity index is 782. The van der Waals surface area contributed by atoms with Gasteiger partial charge in [0, 0.05) is 22.6 Å². The fourth-order valence-corrected chi connectivity index (χ4v) is 4.00. The van der Waals surface area contributed by atoms with Crippen molar-refractivity contribution < 1.29 is 14.1 Å². The first kappa shape index (κ1) is 19.5. The van der Waals surface area contributed by atoms with Gasteiger partial charge in [-0.3, -0.25) is 9.59 Å². The first-order chi connectivity index (χ1) is 13.0. The van der Waals surface area contributed by atoms with Crippen LogP contribution in [0.15, 0.2) is 39.8 Å². The second kappa shape index (κ2) is 9.08. The number of nitrogens with zero attached hydrogens (tertiary/aromatic N) is 1. The molecule has 1 aromatic carbocycles. The number of rotatable bonds is 6. The first-order valence-corrected chi connectivity index (χ1v) is 10.2. The first-order valence-electron chi connectivity index (χ1n) is 9.33. The van der Waals surface area contributed by atoms with E-state index < -0.39 is 0 Å². The van der Waals surface area contributed by atoms with Crippen molar-refractivity contribution in [1.82, 2.24) is 5.16 Å². The quantitative estimate of drug-likeness (QED) is 0.707. The molecule has 7 heteroatoms. The van der Waals surface area contributed by atoms with Gasteiger partial charge in [0.05, 0.1) is 5.25 Å². The fraction of sp³-hybridized carbons (Fsp3) is 0.450. The number of anilines is 2. The summed E-state index contributed by atoms with van der Waals surface area (Å²) in [5.74, 6) is 1.19. The number of carbonyl (C=O) groups is 2. The zero-order chi connectivity index (χ0) is 19.2. The largest absolute Gasteiger partial charge is 0.360 e. The number of hydrogen-bond donors (Lipinski definition) is 2. The van der Waals surface area contributed by atoms with Gasteiger partial charge < -0.3 is 15.2 Å². The Morgan fingerprint density at radius 1 is 1.15 bits per heavy atom. The molecule has 0 bridgehead atoms. The molecule has 3 rings (SSSR count). The van der Waals surface area contributed by atoms with E-state index in [0.29, 0.717) is 11.6 Å². The van der Waals surface area contributed by atoms with E-state index in [0.717, 1.165) is 36.3 Å². The number of hydrogen-bond acceptors (Lipinski definition) is 5. The van der Waals surface area contributed by atoms with Crippen LogP contribution in [-0.4, -0.2) is 22.2 Å². The van der Waals surface area contributed by atoms with Gasteiger partial charge in [-0.15, -0.1) is 11.8 Å². The molecule has 1 saturated carbocycles. The lowest BCUT2D eigenvalue weighted by Gasteiger charge is -2.20. The lowest BCUT2D eigenvalue weighted by molar-refractivity contribution is -0.120. The van der Waals surface area contributed by atoms with Crippen LogP contribution >= 0.6 is 11.8 Å². The van der Waals surface area contributed by atoms with Crippen molar-refractivity contribution in [2.24, 2.45) is 5.92 Å². The van der Waals surface area contributed by atoms with Gasteiger partial charge in [0.2, 0.25) is 11.8 Å². The summed E-state index contributed by atoms with van der Waals surface area (Å²) < 4.78 is 4.95. The minimum Gasteiger partial charge on any atom is -0.360 e. The molecular formula is C20H25N3O3S. The molecule has 27 heavy (non-hydrogen) atoms. The third kappa shape index (κ3) is 5.60. The number of thioether (sulfide) groups is 1. The Kier molecular flexibility index (Phi) is 6.55. The van der Waals surface area contributed by atoms with Crippen molar-refractivity contribution in [3.63, 3.8) is 0 Å². The van der Waals surface area contributed by atoms with Gasteiger partial charge in [0.25, 0.3) is 0 Å². The van der Waals surface area contributed by atoms with Gasteiger partial charge in [-0.05, 0) is 51.0 Å². The molecule has 1 aliphatic rings. The summed E-state index contributed by atoms with van der Waals surface area (Å²) in [6.45, 7) is 3.61. The van der Waals surface area contributed by atoms with Crippen molar-refractivity contribution >= 4 is 35.1 Å².